The van der Waals surface area contributed by atoms with Gasteiger partial charge in [-0.15, -0.1) is 27.8 Å². The molecule has 0 unspecified atom stereocenters. The number of thioether (sulfide) groups is 1. The number of carboxylic acids is 1. The molecule has 2 amide bonds. The number of carboxylic acid groups (broad SMARTS) is 1. The molecule has 0 radical (unpaired) electrons. The molecule has 2 aliphatic heterocycles. The molecule has 0 bridgehead atoms. The van der Waals surface area contributed by atoms with Crippen molar-refractivity contribution in [2.45, 2.75) is 24.9 Å². The molecule has 37 heavy (non-hydrogen) atoms. The van der Waals surface area contributed by atoms with Crippen molar-refractivity contribution in [1.29, 1.82) is 0 Å². The van der Waals surface area contributed by atoms with Crippen molar-refractivity contribution in [2.24, 2.45) is 12.2 Å². The highest BCUT2D eigenvalue weighted by Crippen LogP contribution is 2.40. The number of hydrogen-bond donors (Lipinski definition) is 3. The van der Waals surface area contributed by atoms with Crippen LogP contribution < -0.4 is 15.7 Å². The van der Waals surface area contributed by atoms with E-state index < -0.39 is 29.2 Å². The number of oxime groups is 1. The Kier molecular flexibility index (Phi) is 6.37. The number of thiazole rings is 1. The number of aliphatic carboxylic acids is 1. The summed E-state index contributed by atoms with van der Waals surface area (Å²) in [5.41, 5.74) is 8.46. The monoisotopic (exact) mass is 542 g/mol. The van der Waals surface area contributed by atoms with Gasteiger partial charge in [-0.05, 0) is 19.1 Å². The van der Waals surface area contributed by atoms with E-state index in [1.807, 2.05) is 41.7 Å². The minimum atomic E-state index is -1.19. The molecule has 0 spiro atoms. The fraction of sp³-hybridized carbons (Fsp3) is 0.304. The first-order valence-electron chi connectivity index (χ1n) is 11.2. The van der Waals surface area contributed by atoms with Crippen molar-refractivity contribution in [3.05, 3.63) is 52.3 Å². The SMILES string of the molecule is CO/N=C(\C(=O)N[C@@H]1C(=O)N2C(C(=O)O)=C(C[n+]3cc4cc(C)ccc4n3C)CS[C@H]12)c1csc(N)n1. The van der Waals surface area contributed by atoms with E-state index in [0.717, 1.165) is 27.8 Å². The lowest BCUT2D eigenvalue weighted by atomic mass is 10.0. The third-order valence-corrected chi connectivity index (χ3v) is 8.27. The summed E-state index contributed by atoms with van der Waals surface area (Å²) in [6, 6.07) is 5.19. The largest absolute Gasteiger partial charge is 0.477 e. The Morgan fingerprint density at radius 1 is 1.41 bits per heavy atom. The average molecular weight is 543 g/mol. The van der Waals surface area contributed by atoms with Crippen LogP contribution in [0.25, 0.3) is 10.9 Å². The number of benzene rings is 1. The van der Waals surface area contributed by atoms with Crippen LogP contribution >= 0.6 is 23.1 Å². The smallest absolute Gasteiger partial charge is 0.352 e. The zero-order chi connectivity index (χ0) is 26.4. The summed E-state index contributed by atoms with van der Waals surface area (Å²) in [6.45, 7) is 2.32. The van der Waals surface area contributed by atoms with Crippen LogP contribution in [-0.4, -0.2) is 67.4 Å². The molecule has 3 aromatic rings. The Labute approximate surface area is 219 Å². The molecule has 192 valence electrons. The maximum Gasteiger partial charge on any atom is 0.352 e. The van der Waals surface area contributed by atoms with E-state index >= 15 is 0 Å². The van der Waals surface area contributed by atoms with Gasteiger partial charge in [0, 0.05) is 16.7 Å². The van der Waals surface area contributed by atoms with E-state index in [4.69, 9.17) is 10.6 Å². The second-order valence-corrected chi connectivity index (χ2v) is 10.6. The zero-order valence-electron chi connectivity index (χ0n) is 20.2. The topological polar surface area (TPSA) is 156 Å². The van der Waals surface area contributed by atoms with Gasteiger partial charge in [0.1, 0.15) is 35.4 Å². The second kappa shape index (κ2) is 9.52. The van der Waals surface area contributed by atoms with Gasteiger partial charge in [-0.2, -0.15) is 4.68 Å². The number of β-lactam (4-membered cyclic amide) rings is 1. The summed E-state index contributed by atoms with van der Waals surface area (Å²) in [4.78, 5) is 48.4. The van der Waals surface area contributed by atoms with Crippen molar-refractivity contribution >= 4 is 62.6 Å². The van der Waals surface area contributed by atoms with Crippen molar-refractivity contribution in [1.82, 2.24) is 19.9 Å². The lowest BCUT2D eigenvalue weighted by molar-refractivity contribution is -0.764. The first-order valence-corrected chi connectivity index (χ1v) is 13.1. The summed E-state index contributed by atoms with van der Waals surface area (Å²) in [6.07, 6.45) is 1.97. The van der Waals surface area contributed by atoms with Crippen LogP contribution in [0.3, 0.4) is 0 Å². The lowest BCUT2D eigenvalue weighted by Gasteiger charge is -2.49. The number of amides is 2. The van der Waals surface area contributed by atoms with Gasteiger partial charge < -0.3 is 21.0 Å². The Bertz CT molecular complexity index is 1510. The number of carbonyl (C=O) groups is 3. The number of hydrogen-bond acceptors (Lipinski definition) is 9. The van der Waals surface area contributed by atoms with Gasteiger partial charge in [0.2, 0.25) is 6.20 Å². The van der Waals surface area contributed by atoms with Gasteiger partial charge in [0.05, 0.1) is 12.4 Å². The summed E-state index contributed by atoms with van der Waals surface area (Å²) >= 11 is 2.53. The van der Waals surface area contributed by atoms with Gasteiger partial charge in [-0.3, -0.25) is 14.5 Å². The van der Waals surface area contributed by atoms with Crippen LogP contribution in [0.5, 0.6) is 0 Å². The van der Waals surface area contributed by atoms with Crippen LogP contribution in [0, 0.1) is 6.92 Å². The third-order valence-electron chi connectivity index (χ3n) is 6.26. The van der Waals surface area contributed by atoms with Gasteiger partial charge in [0.25, 0.3) is 11.8 Å². The molecule has 5 rings (SSSR count). The standard InChI is InChI=1S/C23H23N7O5S2/c1-11-4-5-15-12(6-11)7-29(28(15)2)8-13-9-36-21-17(20(32)30(21)18(13)22(33)34)26-19(31)16(27-35-3)14-10-37-23(24)25-14/h4-7,10,17,21H,8-9H2,1-3H3,(H3-,24,25,26,31,33,34)/p+1/b27-16-/t17-,21-/m1/s1. The first-order chi connectivity index (χ1) is 17.7. The van der Waals surface area contributed by atoms with E-state index in [2.05, 4.69) is 21.5 Å². The molecule has 1 fully saturated rings. The van der Waals surface area contributed by atoms with Gasteiger partial charge in [-0.1, -0.05) is 16.8 Å². The van der Waals surface area contributed by atoms with Crippen molar-refractivity contribution in [3.8, 4) is 0 Å². The molecule has 2 aromatic heterocycles. The highest BCUT2D eigenvalue weighted by atomic mass is 32.2. The fourth-order valence-corrected chi connectivity index (χ4v) is 6.39. The zero-order valence-corrected chi connectivity index (χ0v) is 21.8. The van der Waals surface area contributed by atoms with Crippen molar-refractivity contribution in [2.75, 3.05) is 18.6 Å². The summed E-state index contributed by atoms with van der Waals surface area (Å²) in [5, 5.41) is 18.7. The molecule has 0 saturated carbocycles. The van der Waals surface area contributed by atoms with Crippen LogP contribution in [0.2, 0.25) is 0 Å². The second-order valence-electron chi connectivity index (χ2n) is 8.62. The van der Waals surface area contributed by atoms with E-state index in [1.54, 1.807) is 5.38 Å². The third kappa shape index (κ3) is 4.31. The van der Waals surface area contributed by atoms with Crippen molar-refractivity contribution in [3.63, 3.8) is 0 Å². The maximum absolute atomic E-state index is 13.1. The number of nitrogen functional groups attached to an aromatic ring is 1. The Morgan fingerprint density at radius 3 is 2.86 bits per heavy atom. The predicted molar refractivity (Wildman–Crippen MR) is 138 cm³/mol. The molecular weight excluding hydrogens is 518 g/mol. The van der Waals surface area contributed by atoms with Gasteiger partial charge in [-0.25, -0.2) is 9.78 Å². The van der Waals surface area contributed by atoms with Crippen LogP contribution in [0.4, 0.5) is 5.13 Å². The minimum Gasteiger partial charge on any atom is -0.477 e. The molecular formula is C23H24N7O5S2+. The lowest BCUT2D eigenvalue weighted by Crippen LogP contribution is -2.71. The van der Waals surface area contributed by atoms with E-state index in [0.29, 0.717) is 17.9 Å². The number of aryl methyl sites for hydroxylation is 2. The predicted octanol–water partition coefficient (Wildman–Crippen LogP) is 0.602. The highest BCUT2D eigenvalue weighted by Gasteiger charge is 2.55. The molecule has 4 N–H and O–H groups in total. The number of nitrogens with two attached hydrogens (primary N) is 1. The highest BCUT2D eigenvalue weighted by molar-refractivity contribution is 8.00. The fourth-order valence-electron chi connectivity index (χ4n) is 4.51. The van der Waals surface area contributed by atoms with Crippen LogP contribution in [0.15, 0.2) is 46.2 Å². The Morgan fingerprint density at radius 2 is 2.19 bits per heavy atom. The minimum absolute atomic E-state index is 0.0498. The number of nitrogens with one attached hydrogen (secondary N) is 1. The molecule has 1 saturated heterocycles. The number of anilines is 1. The van der Waals surface area contributed by atoms with E-state index in [9.17, 15) is 19.5 Å². The molecule has 12 nitrogen and oxygen atoms in total. The molecule has 2 aliphatic rings. The van der Waals surface area contributed by atoms with Gasteiger partial charge in [0.15, 0.2) is 17.4 Å². The normalized spacial score (nSPS) is 19.6. The number of rotatable bonds is 7. The summed E-state index contributed by atoms with van der Waals surface area (Å²) in [5.74, 6) is -1.97. The number of nitrogens with zero attached hydrogens (tertiary/aromatic N) is 5. The van der Waals surface area contributed by atoms with E-state index in [-0.39, 0.29) is 22.2 Å². The van der Waals surface area contributed by atoms with Crippen LogP contribution in [0.1, 0.15) is 11.3 Å². The number of carbonyl (C=O) groups excluding carboxylic acids is 2. The molecule has 14 heteroatoms. The Hall–Kier alpha value is -3.91. The van der Waals surface area contributed by atoms with Crippen molar-refractivity contribution < 1.29 is 29.0 Å². The summed E-state index contributed by atoms with van der Waals surface area (Å²) < 4.78 is 3.89. The molecule has 2 atom stereocenters. The average Bonchev–Trinajstić information content (AvgIpc) is 3.42. The van der Waals surface area contributed by atoms with E-state index in [1.165, 1.54) is 23.8 Å². The van der Waals surface area contributed by atoms with Crippen LogP contribution in [-0.2, 0) is 32.8 Å². The Balaban J connectivity index is 1.38. The number of fused-ring (bicyclic) bond motifs is 2. The molecule has 4 heterocycles. The number of aromatic nitrogens is 3. The molecule has 0 aliphatic carbocycles. The maximum atomic E-state index is 13.1. The first kappa shape index (κ1) is 24.8. The van der Waals surface area contributed by atoms with Gasteiger partial charge >= 0.3 is 5.97 Å². The quantitative estimate of drug-likeness (QED) is 0.170. The summed E-state index contributed by atoms with van der Waals surface area (Å²) in [7, 11) is 3.20. The molecule has 1 aromatic carbocycles.